The van der Waals surface area contributed by atoms with Gasteiger partial charge in [-0.05, 0) is 32.9 Å². The molecule has 0 aromatic heterocycles. The van der Waals surface area contributed by atoms with Crippen LogP contribution < -0.4 is 5.48 Å². The molecule has 20 heavy (non-hydrogen) atoms. The Bertz CT molecular complexity index is 493. The molecule has 4 nitrogen and oxygen atoms in total. The second-order valence-electron chi connectivity index (χ2n) is 5.08. The maximum absolute atomic E-state index is 12.8. The van der Waals surface area contributed by atoms with Gasteiger partial charge in [0.15, 0.2) is 0 Å². The minimum Gasteiger partial charge on any atom is -0.388 e. The van der Waals surface area contributed by atoms with Crippen molar-refractivity contribution in [3.05, 3.63) is 34.9 Å². The molecule has 0 saturated carbocycles. The molecule has 0 fully saturated rings. The van der Waals surface area contributed by atoms with E-state index in [1.807, 2.05) is 5.48 Å². The van der Waals surface area contributed by atoms with Crippen molar-refractivity contribution < 1.29 is 27.9 Å². The van der Waals surface area contributed by atoms with Crippen LogP contribution in [0.4, 0.5) is 13.2 Å². The lowest BCUT2D eigenvalue weighted by Gasteiger charge is -2.18. The molecule has 7 heteroatoms. The lowest BCUT2D eigenvalue weighted by molar-refractivity contribution is -0.138. The van der Waals surface area contributed by atoms with Crippen molar-refractivity contribution >= 4 is 5.91 Å². The van der Waals surface area contributed by atoms with Gasteiger partial charge in [-0.1, -0.05) is 11.6 Å². The van der Waals surface area contributed by atoms with E-state index in [0.29, 0.717) is 5.56 Å². The molecule has 0 spiro atoms. The van der Waals surface area contributed by atoms with E-state index in [9.17, 15) is 23.1 Å². The first-order chi connectivity index (χ1) is 9.00. The quantitative estimate of drug-likeness (QED) is 0.838. The van der Waals surface area contributed by atoms with E-state index in [2.05, 4.69) is 0 Å². The summed E-state index contributed by atoms with van der Waals surface area (Å²) < 4.78 is 38.5. The summed E-state index contributed by atoms with van der Waals surface area (Å²) >= 11 is 0. The fourth-order valence-electron chi connectivity index (χ4n) is 1.42. The van der Waals surface area contributed by atoms with Crippen molar-refractivity contribution in [3.8, 4) is 0 Å². The number of halogens is 3. The van der Waals surface area contributed by atoms with Gasteiger partial charge in [-0.25, -0.2) is 5.48 Å². The molecule has 1 amide bonds. The van der Waals surface area contributed by atoms with Crippen LogP contribution in [0.1, 0.15) is 35.3 Å². The molecular formula is C13H16F3NO3. The van der Waals surface area contributed by atoms with Gasteiger partial charge in [-0.2, -0.15) is 13.2 Å². The number of carbonyl (C=O) groups excluding carboxylic acids is 1. The molecule has 1 aromatic carbocycles. The highest BCUT2D eigenvalue weighted by atomic mass is 19.4. The van der Waals surface area contributed by atoms with Crippen molar-refractivity contribution in [2.45, 2.75) is 32.5 Å². The molecule has 2 N–H and O–H groups in total. The van der Waals surface area contributed by atoms with Crippen LogP contribution in [-0.4, -0.2) is 23.2 Å². The van der Waals surface area contributed by atoms with Gasteiger partial charge in [0, 0.05) is 0 Å². The van der Waals surface area contributed by atoms with Crippen LogP contribution in [0, 0.1) is 6.92 Å². The van der Waals surface area contributed by atoms with Crippen LogP contribution in [-0.2, 0) is 11.0 Å². The van der Waals surface area contributed by atoms with Crippen LogP contribution >= 0.6 is 0 Å². The van der Waals surface area contributed by atoms with Crippen molar-refractivity contribution in [1.29, 1.82) is 0 Å². The minimum atomic E-state index is -4.63. The number of nitrogens with one attached hydrogen (secondary N) is 1. The second-order valence-corrected chi connectivity index (χ2v) is 5.08. The third kappa shape index (κ3) is 4.82. The summed E-state index contributed by atoms with van der Waals surface area (Å²) in [6, 6.07) is 3.38. The molecule has 0 bridgehead atoms. The number of aryl methyl sites for hydroxylation is 1. The molecular weight excluding hydrogens is 275 g/mol. The Hall–Kier alpha value is -1.60. The van der Waals surface area contributed by atoms with Gasteiger partial charge in [0.05, 0.1) is 16.7 Å². The smallest absolute Gasteiger partial charge is 0.388 e. The highest BCUT2D eigenvalue weighted by molar-refractivity contribution is 5.95. The summed E-state index contributed by atoms with van der Waals surface area (Å²) in [5.74, 6) is -1.01. The van der Waals surface area contributed by atoms with Gasteiger partial charge in [0.1, 0.15) is 6.61 Å². The summed E-state index contributed by atoms with van der Waals surface area (Å²) in [4.78, 5) is 16.4. The standard InChI is InChI=1S/C13H16F3NO3/c1-8-4-5-9(10(6-8)13(14,15)16)11(18)17-20-7-12(2,3)19/h4-6,19H,7H2,1-3H3,(H,17,18). The molecule has 0 aliphatic rings. The van der Waals surface area contributed by atoms with Gasteiger partial charge in [-0.3, -0.25) is 9.63 Å². The van der Waals surface area contributed by atoms with E-state index < -0.39 is 28.8 Å². The normalized spacial score (nSPS) is 12.3. The molecule has 0 heterocycles. The second kappa shape index (κ2) is 5.80. The van der Waals surface area contributed by atoms with Gasteiger partial charge in [-0.15, -0.1) is 0 Å². The average molecular weight is 291 g/mol. The van der Waals surface area contributed by atoms with Crippen LogP contribution in [0.25, 0.3) is 0 Å². The number of alkyl halides is 3. The van der Waals surface area contributed by atoms with E-state index >= 15 is 0 Å². The van der Waals surface area contributed by atoms with E-state index in [-0.39, 0.29) is 6.61 Å². The Morgan fingerprint density at radius 2 is 1.95 bits per heavy atom. The van der Waals surface area contributed by atoms with Crippen molar-refractivity contribution in [2.75, 3.05) is 6.61 Å². The third-order valence-corrected chi connectivity index (χ3v) is 2.32. The summed E-state index contributed by atoms with van der Waals surface area (Å²) in [6.45, 7) is 4.13. The fraction of sp³-hybridized carbons (Fsp3) is 0.462. The van der Waals surface area contributed by atoms with Crippen molar-refractivity contribution in [2.24, 2.45) is 0 Å². The monoisotopic (exact) mass is 291 g/mol. The minimum absolute atomic E-state index is 0.244. The lowest BCUT2D eigenvalue weighted by Crippen LogP contribution is -2.34. The van der Waals surface area contributed by atoms with Gasteiger partial charge in [0.2, 0.25) is 0 Å². The molecule has 0 atom stereocenters. The van der Waals surface area contributed by atoms with Crippen LogP contribution in [0.3, 0.4) is 0 Å². The van der Waals surface area contributed by atoms with E-state index in [1.54, 1.807) is 0 Å². The number of rotatable bonds is 4. The molecule has 112 valence electrons. The Morgan fingerprint density at radius 1 is 1.35 bits per heavy atom. The zero-order valence-electron chi connectivity index (χ0n) is 11.3. The highest BCUT2D eigenvalue weighted by Gasteiger charge is 2.35. The number of hydroxylamine groups is 1. The van der Waals surface area contributed by atoms with E-state index in [4.69, 9.17) is 4.84 Å². The van der Waals surface area contributed by atoms with Crippen LogP contribution in [0.5, 0.6) is 0 Å². The van der Waals surface area contributed by atoms with Crippen LogP contribution in [0.2, 0.25) is 0 Å². The summed E-state index contributed by atoms with van der Waals surface area (Å²) in [5.41, 5.74) is -0.473. The molecule has 0 unspecified atom stereocenters. The Labute approximate surface area is 114 Å². The molecule has 0 aliphatic heterocycles. The van der Waals surface area contributed by atoms with Gasteiger partial charge >= 0.3 is 6.18 Å². The maximum atomic E-state index is 12.8. The Balaban J connectivity index is 2.88. The number of hydrogen-bond donors (Lipinski definition) is 2. The van der Waals surface area contributed by atoms with Gasteiger partial charge in [0.25, 0.3) is 5.91 Å². The largest absolute Gasteiger partial charge is 0.417 e. The maximum Gasteiger partial charge on any atom is 0.417 e. The summed E-state index contributed by atoms with van der Waals surface area (Å²) in [5, 5.41) is 9.37. The summed E-state index contributed by atoms with van der Waals surface area (Å²) in [6.07, 6.45) is -4.63. The summed E-state index contributed by atoms with van der Waals surface area (Å²) in [7, 11) is 0. The van der Waals surface area contributed by atoms with E-state index in [0.717, 1.165) is 12.1 Å². The molecule has 0 saturated heterocycles. The first-order valence-corrected chi connectivity index (χ1v) is 5.83. The van der Waals surface area contributed by atoms with E-state index in [1.165, 1.54) is 26.8 Å². The number of benzene rings is 1. The van der Waals surface area contributed by atoms with Crippen molar-refractivity contribution in [1.82, 2.24) is 5.48 Å². The molecule has 1 rings (SSSR count). The number of carbonyl (C=O) groups is 1. The lowest BCUT2D eigenvalue weighted by atomic mass is 10.0. The first kappa shape index (κ1) is 16.5. The number of hydrogen-bond acceptors (Lipinski definition) is 3. The first-order valence-electron chi connectivity index (χ1n) is 5.83. The predicted molar refractivity (Wildman–Crippen MR) is 65.9 cm³/mol. The van der Waals surface area contributed by atoms with Crippen LogP contribution in [0.15, 0.2) is 18.2 Å². The molecule has 1 aromatic rings. The Morgan fingerprint density at radius 3 is 2.45 bits per heavy atom. The third-order valence-electron chi connectivity index (χ3n) is 2.32. The fourth-order valence-corrected chi connectivity index (χ4v) is 1.42. The molecule has 0 radical (unpaired) electrons. The average Bonchev–Trinajstić information content (AvgIpc) is 2.25. The SMILES string of the molecule is Cc1ccc(C(=O)NOCC(C)(C)O)c(C(F)(F)F)c1. The number of amides is 1. The molecule has 0 aliphatic carbocycles. The van der Waals surface area contributed by atoms with Gasteiger partial charge < -0.3 is 5.11 Å². The highest BCUT2D eigenvalue weighted by Crippen LogP contribution is 2.32. The topological polar surface area (TPSA) is 58.6 Å². The predicted octanol–water partition coefficient (Wildman–Crippen LogP) is 2.45. The zero-order valence-corrected chi connectivity index (χ0v) is 11.3. The Kier molecular flexibility index (Phi) is 4.77. The zero-order chi connectivity index (χ0) is 15.6. The number of aliphatic hydroxyl groups is 1. The van der Waals surface area contributed by atoms with Crippen molar-refractivity contribution in [3.63, 3.8) is 0 Å².